The van der Waals surface area contributed by atoms with Gasteiger partial charge in [-0.2, -0.15) is 5.10 Å². The maximum Gasteiger partial charge on any atom is 0.317 e. The molecule has 0 spiro atoms. The van der Waals surface area contributed by atoms with E-state index in [0.717, 1.165) is 0 Å². The molecular weight excluding hydrogens is 306 g/mol. The highest BCUT2D eigenvalue weighted by Crippen LogP contribution is 2.14. The van der Waals surface area contributed by atoms with Crippen molar-refractivity contribution < 1.29 is 13.2 Å². The average molecular weight is 329 g/mol. The molecule has 9 heteroatoms. The summed E-state index contributed by atoms with van der Waals surface area (Å²) in [6.07, 6.45) is 4.10. The fourth-order valence-corrected chi connectivity index (χ4v) is 3.66. The van der Waals surface area contributed by atoms with E-state index in [9.17, 15) is 13.2 Å². The third-order valence-corrected chi connectivity index (χ3v) is 5.15. The Balaban J connectivity index is 1.91. The van der Waals surface area contributed by atoms with Crippen LogP contribution in [0.1, 0.15) is 26.7 Å². The van der Waals surface area contributed by atoms with Crippen molar-refractivity contribution in [2.45, 2.75) is 44.2 Å². The number of piperidine rings is 1. The normalized spacial score (nSPS) is 16.7. The van der Waals surface area contributed by atoms with E-state index < -0.39 is 10.0 Å². The molecular formula is C13H23N5O3S. The number of carbonyl (C=O) groups is 1. The first-order valence-corrected chi connectivity index (χ1v) is 9.02. The van der Waals surface area contributed by atoms with Gasteiger partial charge in [0.05, 0.1) is 6.20 Å². The number of amides is 2. The van der Waals surface area contributed by atoms with Gasteiger partial charge in [0.1, 0.15) is 4.90 Å². The molecule has 1 aliphatic rings. The van der Waals surface area contributed by atoms with E-state index in [1.165, 1.54) is 12.4 Å². The number of rotatable bonds is 5. The Morgan fingerprint density at radius 1 is 1.36 bits per heavy atom. The summed E-state index contributed by atoms with van der Waals surface area (Å²) in [4.78, 5) is 13.6. The molecule has 2 rings (SSSR count). The summed E-state index contributed by atoms with van der Waals surface area (Å²) in [6, 6.07) is -0.242. The first-order valence-electron chi connectivity index (χ1n) is 7.53. The van der Waals surface area contributed by atoms with Crippen molar-refractivity contribution in [1.82, 2.24) is 24.7 Å². The summed E-state index contributed by atoms with van der Waals surface area (Å²) in [5, 5.41) is 6.74. The van der Waals surface area contributed by atoms with Gasteiger partial charge in [0, 0.05) is 38.4 Å². The first-order chi connectivity index (χ1) is 10.5. The van der Waals surface area contributed by atoms with E-state index >= 15 is 0 Å². The van der Waals surface area contributed by atoms with E-state index in [-0.39, 0.29) is 17.0 Å². The van der Waals surface area contributed by atoms with Gasteiger partial charge in [-0.15, -0.1) is 0 Å². The van der Waals surface area contributed by atoms with Crippen molar-refractivity contribution in [1.29, 1.82) is 0 Å². The molecule has 22 heavy (non-hydrogen) atoms. The minimum absolute atomic E-state index is 0.0898. The van der Waals surface area contributed by atoms with E-state index in [1.807, 2.05) is 13.8 Å². The number of urea groups is 1. The molecule has 0 unspecified atom stereocenters. The van der Waals surface area contributed by atoms with E-state index in [2.05, 4.69) is 15.1 Å². The van der Waals surface area contributed by atoms with Crippen LogP contribution >= 0.6 is 0 Å². The molecule has 1 saturated heterocycles. The molecule has 8 nitrogen and oxygen atoms in total. The quantitative estimate of drug-likeness (QED) is 0.816. The number of aromatic nitrogens is 2. The van der Waals surface area contributed by atoms with Crippen molar-refractivity contribution >= 4 is 16.1 Å². The lowest BCUT2D eigenvalue weighted by molar-refractivity contribution is 0.180. The van der Waals surface area contributed by atoms with Gasteiger partial charge >= 0.3 is 6.03 Å². The number of carbonyl (C=O) groups excluding carboxylic acids is 1. The standard InChI is InChI=1S/C13H23N5O3S/c1-3-14-13(19)17-7-5-11(6-8-17)16-22(20,21)12-9-15-18(4-2)10-12/h9-11,16H,3-8H2,1-2H3,(H,14,19). The molecule has 2 heterocycles. The highest BCUT2D eigenvalue weighted by Gasteiger charge is 2.27. The lowest BCUT2D eigenvalue weighted by atomic mass is 10.1. The predicted molar refractivity (Wildman–Crippen MR) is 81.9 cm³/mol. The predicted octanol–water partition coefficient (Wildman–Crippen LogP) is 0.375. The van der Waals surface area contributed by atoms with Crippen molar-refractivity contribution in [3.63, 3.8) is 0 Å². The number of nitrogens with one attached hydrogen (secondary N) is 2. The van der Waals surface area contributed by atoms with E-state index in [1.54, 1.807) is 9.58 Å². The molecule has 1 fully saturated rings. The van der Waals surface area contributed by atoms with Crippen molar-refractivity contribution in [2.75, 3.05) is 19.6 Å². The zero-order valence-corrected chi connectivity index (χ0v) is 13.8. The zero-order valence-electron chi connectivity index (χ0n) is 12.9. The van der Waals surface area contributed by atoms with Gasteiger partial charge in [0.15, 0.2) is 0 Å². The summed E-state index contributed by atoms with van der Waals surface area (Å²) in [7, 11) is -3.55. The molecule has 1 aromatic rings. The minimum atomic E-state index is -3.55. The maximum atomic E-state index is 12.3. The largest absolute Gasteiger partial charge is 0.338 e. The molecule has 1 aromatic heterocycles. The summed E-state index contributed by atoms with van der Waals surface area (Å²) in [6.45, 7) is 6.08. The summed E-state index contributed by atoms with van der Waals surface area (Å²) in [5.41, 5.74) is 0. The fourth-order valence-electron chi connectivity index (χ4n) is 2.41. The Kier molecular flexibility index (Phi) is 5.41. The third kappa shape index (κ3) is 3.98. The zero-order chi connectivity index (χ0) is 16.2. The van der Waals surface area contributed by atoms with Crippen LogP contribution in [0.25, 0.3) is 0 Å². The van der Waals surface area contributed by atoms with Gasteiger partial charge in [0.25, 0.3) is 0 Å². The third-order valence-electron chi connectivity index (χ3n) is 3.68. The molecule has 0 radical (unpaired) electrons. The Hall–Kier alpha value is -1.61. The van der Waals surface area contributed by atoms with Gasteiger partial charge in [-0.1, -0.05) is 0 Å². The molecule has 124 valence electrons. The van der Waals surface area contributed by atoms with Gasteiger partial charge in [-0.25, -0.2) is 17.9 Å². The minimum Gasteiger partial charge on any atom is -0.338 e. The van der Waals surface area contributed by atoms with Crippen LogP contribution in [-0.2, 0) is 16.6 Å². The van der Waals surface area contributed by atoms with Crippen molar-refractivity contribution in [3.8, 4) is 0 Å². The number of hydrogen-bond donors (Lipinski definition) is 2. The topological polar surface area (TPSA) is 96.3 Å². The second-order valence-electron chi connectivity index (χ2n) is 5.25. The Labute approximate surface area is 130 Å². The van der Waals surface area contributed by atoms with Crippen molar-refractivity contribution in [3.05, 3.63) is 12.4 Å². The number of sulfonamides is 1. The number of likely N-dealkylation sites (tertiary alicyclic amines) is 1. The average Bonchev–Trinajstić information content (AvgIpc) is 2.98. The van der Waals surface area contributed by atoms with Gasteiger partial charge in [-0.05, 0) is 26.7 Å². The summed E-state index contributed by atoms with van der Waals surface area (Å²) in [5.74, 6) is 0. The van der Waals surface area contributed by atoms with E-state index in [0.29, 0.717) is 39.0 Å². The highest BCUT2D eigenvalue weighted by molar-refractivity contribution is 7.89. The number of nitrogens with zero attached hydrogens (tertiary/aromatic N) is 3. The van der Waals surface area contributed by atoms with Crippen LogP contribution in [-0.4, -0.2) is 54.8 Å². The van der Waals surface area contributed by atoms with Gasteiger partial charge in [0.2, 0.25) is 10.0 Å². The second kappa shape index (κ2) is 7.10. The van der Waals surface area contributed by atoms with Gasteiger partial charge in [-0.3, -0.25) is 4.68 Å². The fraction of sp³-hybridized carbons (Fsp3) is 0.692. The smallest absolute Gasteiger partial charge is 0.317 e. The van der Waals surface area contributed by atoms with Crippen molar-refractivity contribution in [2.24, 2.45) is 0 Å². The molecule has 0 bridgehead atoms. The second-order valence-corrected chi connectivity index (χ2v) is 6.96. The van der Waals surface area contributed by atoms with Crippen LogP contribution in [0.3, 0.4) is 0 Å². The lowest BCUT2D eigenvalue weighted by Gasteiger charge is -2.32. The monoisotopic (exact) mass is 329 g/mol. The molecule has 0 atom stereocenters. The number of aryl methyl sites for hydroxylation is 1. The summed E-state index contributed by atoms with van der Waals surface area (Å²) >= 11 is 0. The molecule has 2 N–H and O–H groups in total. The van der Waals surface area contributed by atoms with Crippen LogP contribution < -0.4 is 10.0 Å². The summed E-state index contributed by atoms with van der Waals surface area (Å²) < 4.78 is 28.9. The van der Waals surface area contributed by atoms with Gasteiger partial charge < -0.3 is 10.2 Å². The molecule has 0 aromatic carbocycles. The Bertz CT molecular complexity index is 605. The van der Waals surface area contributed by atoms with Crippen LogP contribution in [0.4, 0.5) is 4.79 Å². The van der Waals surface area contributed by atoms with E-state index in [4.69, 9.17) is 0 Å². The number of hydrogen-bond acceptors (Lipinski definition) is 4. The van der Waals surface area contributed by atoms with Crippen LogP contribution in [0.15, 0.2) is 17.3 Å². The van der Waals surface area contributed by atoms with Crippen LogP contribution in [0.2, 0.25) is 0 Å². The van der Waals surface area contributed by atoms with Crippen LogP contribution in [0.5, 0.6) is 0 Å². The molecule has 2 amide bonds. The Morgan fingerprint density at radius 3 is 2.59 bits per heavy atom. The molecule has 1 aliphatic heterocycles. The maximum absolute atomic E-state index is 12.3. The SMILES string of the molecule is CCNC(=O)N1CCC(NS(=O)(=O)c2cnn(CC)c2)CC1. The first kappa shape index (κ1) is 16.8. The molecule has 0 aliphatic carbocycles. The van der Waals surface area contributed by atoms with Crippen LogP contribution in [0, 0.1) is 0 Å². The molecule has 0 saturated carbocycles. The highest BCUT2D eigenvalue weighted by atomic mass is 32.2. The Morgan fingerprint density at radius 2 is 2.05 bits per heavy atom. The lowest BCUT2D eigenvalue weighted by Crippen LogP contribution is -2.49.